The Balaban J connectivity index is 1.55. The van der Waals surface area contributed by atoms with E-state index in [0.29, 0.717) is 19.0 Å². The van der Waals surface area contributed by atoms with Crippen LogP contribution in [0.3, 0.4) is 0 Å². The maximum absolute atomic E-state index is 12.3. The monoisotopic (exact) mass is 352 g/mol. The van der Waals surface area contributed by atoms with E-state index in [1.165, 1.54) is 5.56 Å². The number of benzene rings is 2. The van der Waals surface area contributed by atoms with Crippen molar-refractivity contribution in [1.82, 2.24) is 4.90 Å². The van der Waals surface area contributed by atoms with Crippen LogP contribution in [-0.4, -0.2) is 35.6 Å². The lowest BCUT2D eigenvalue weighted by atomic mass is 9.85. The van der Waals surface area contributed by atoms with Gasteiger partial charge in [-0.25, -0.2) is 4.79 Å². The van der Waals surface area contributed by atoms with E-state index >= 15 is 0 Å². The van der Waals surface area contributed by atoms with Gasteiger partial charge in [-0.05, 0) is 62.6 Å². The van der Waals surface area contributed by atoms with Crippen molar-refractivity contribution in [2.75, 3.05) is 18.4 Å². The predicted octanol–water partition coefficient (Wildman–Crippen LogP) is 4.52. The van der Waals surface area contributed by atoms with Crippen LogP contribution in [0, 0.1) is 0 Å². The lowest BCUT2D eigenvalue weighted by Gasteiger charge is -2.34. The number of amides is 2. The average Bonchev–Trinajstić information content (AvgIpc) is 2.92. The summed E-state index contributed by atoms with van der Waals surface area (Å²) in [6.07, 6.45) is 1.57. The molecule has 1 fully saturated rings. The summed E-state index contributed by atoms with van der Waals surface area (Å²) in [4.78, 5) is 26.2. The number of hydrogen-bond acceptors (Lipinski definition) is 3. The van der Waals surface area contributed by atoms with E-state index in [4.69, 9.17) is 4.74 Å². The third kappa shape index (κ3) is 2.91. The van der Waals surface area contributed by atoms with Gasteiger partial charge in [0.2, 0.25) is 0 Å². The number of hydrogen-bond donors (Lipinski definition) is 1. The van der Waals surface area contributed by atoms with Crippen LogP contribution in [0.1, 0.15) is 55.5 Å². The maximum atomic E-state index is 12.3. The van der Waals surface area contributed by atoms with Gasteiger partial charge < -0.3 is 15.0 Å². The molecule has 0 spiro atoms. The molecule has 26 heavy (non-hydrogen) atoms. The molecule has 0 unspecified atom stereocenters. The molecule has 2 heterocycles. The van der Waals surface area contributed by atoms with Crippen LogP contribution in [0.4, 0.5) is 10.5 Å². The van der Waals surface area contributed by atoms with Crippen LogP contribution in [0.25, 0.3) is 10.8 Å². The molecule has 1 saturated heterocycles. The first-order valence-electron chi connectivity index (χ1n) is 9.18. The third-order valence-electron chi connectivity index (χ3n) is 5.15. The van der Waals surface area contributed by atoms with Crippen LogP contribution in [0.15, 0.2) is 30.3 Å². The highest BCUT2D eigenvalue weighted by molar-refractivity contribution is 6.24. The third-order valence-corrected chi connectivity index (χ3v) is 5.15. The number of likely N-dealkylation sites (tertiary alicyclic amines) is 1. The Morgan fingerprint density at radius 1 is 1.15 bits per heavy atom. The molecule has 2 amide bonds. The van der Waals surface area contributed by atoms with Gasteiger partial charge in [0, 0.05) is 29.7 Å². The van der Waals surface area contributed by atoms with Crippen molar-refractivity contribution in [2.24, 2.45) is 0 Å². The van der Waals surface area contributed by atoms with Gasteiger partial charge in [-0.15, -0.1) is 0 Å². The van der Waals surface area contributed by atoms with E-state index in [2.05, 4.69) is 17.4 Å². The fourth-order valence-corrected chi connectivity index (χ4v) is 3.97. The minimum Gasteiger partial charge on any atom is -0.444 e. The molecule has 5 nitrogen and oxygen atoms in total. The number of anilines is 1. The second-order valence-electron chi connectivity index (χ2n) is 8.13. The van der Waals surface area contributed by atoms with E-state index in [9.17, 15) is 9.59 Å². The molecule has 136 valence electrons. The molecular formula is C21H24N2O3. The fraction of sp³-hybridized carbons (Fsp3) is 0.429. The fourth-order valence-electron chi connectivity index (χ4n) is 3.97. The molecule has 0 saturated carbocycles. The normalized spacial score (nSPS) is 17.5. The summed E-state index contributed by atoms with van der Waals surface area (Å²) in [6.45, 7) is 7.05. The zero-order valence-corrected chi connectivity index (χ0v) is 15.5. The largest absolute Gasteiger partial charge is 0.444 e. The molecule has 0 aliphatic carbocycles. The number of nitrogens with zero attached hydrogens (tertiary/aromatic N) is 1. The molecule has 4 rings (SSSR count). The minimum atomic E-state index is -0.467. The standard InChI is InChI=1S/C21H24N2O3/c1-21(2,3)26-20(25)23-11-9-13(10-12-23)14-7-8-16-18-15(14)5-4-6-17(18)22-19(16)24/h4-8,13H,9-12H2,1-3H3,(H,22,24). The predicted molar refractivity (Wildman–Crippen MR) is 102 cm³/mol. The number of nitrogens with one attached hydrogen (secondary N) is 1. The molecule has 2 aromatic carbocycles. The summed E-state index contributed by atoms with van der Waals surface area (Å²) in [7, 11) is 0. The summed E-state index contributed by atoms with van der Waals surface area (Å²) in [5, 5.41) is 5.12. The Kier molecular flexibility index (Phi) is 3.90. The lowest BCUT2D eigenvalue weighted by Crippen LogP contribution is -2.41. The second-order valence-corrected chi connectivity index (χ2v) is 8.13. The van der Waals surface area contributed by atoms with Crippen molar-refractivity contribution in [3.8, 4) is 0 Å². The Labute approximate surface area is 153 Å². The highest BCUT2D eigenvalue weighted by Gasteiger charge is 2.30. The van der Waals surface area contributed by atoms with Gasteiger partial charge in [-0.2, -0.15) is 0 Å². The van der Waals surface area contributed by atoms with Crippen molar-refractivity contribution in [1.29, 1.82) is 0 Å². The highest BCUT2D eigenvalue weighted by atomic mass is 16.6. The van der Waals surface area contributed by atoms with Gasteiger partial charge in [0.25, 0.3) is 5.91 Å². The lowest BCUT2D eigenvalue weighted by molar-refractivity contribution is 0.0205. The molecule has 0 aromatic heterocycles. The van der Waals surface area contributed by atoms with E-state index in [-0.39, 0.29) is 12.0 Å². The summed E-state index contributed by atoms with van der Waals surface area (Å²) in [5.74, 6) is 0.358. The van der Waals surface area contributed by atoms with Gasteiger partial charge in [0.05, 0.1) is 0 Å². The van der Waals surface area contributed by atoms with Crippen molar-refractivity contribution in [3.05, 3.63) is 41.5 Å². The van der Waals surface area contributed by atoms with Crippen LogP contribution in [0.2, 0.25) is 0 Å². The second kappa shape index (κ2) is 6.01. The Hall–Kier alpha value is -2.56. The van der Waals surface area contributed by atoms with Crippen LogP contribution in [0.5, 0.6) is 0 Å². The molecule has 2 aliphatic heterocycles. The first-order valence-corrected chi connectivity index (χ1v) is 9.18. The van der Waals surface area contributed by atoms with Gasteiger partial charge in [0.15, 0.2) is 0 Å². The molecule has 2 aromatic rings. The molecule has 0 radical (unpaired) electrons. The van der Waals surface area contributed by atoms with Gasteiger partial charge >= 0.3 is 6.09 Å². The molecule has 1 N–H and O–H groups in total. The smallest absolute Gasteiger partial charge is 0.410 e. The highest BCUT2D eigenvalue weighted by Crippen LogP contribution is 2.39. The first-order chi connectivity index (χ1) is 12.3. The quantitative estimate of drug-likeness (QED) is 0.821. The van der Waals surface area contributed by atoms with Crippen LogP contribution >= 0.6 is 0 Å². The minimum absolute atomic E-state index is 0.0255. The van der Waals surface area contributed by atoms with Gasteiger partial charge in [-0.3, -0.25) is 4.79 Å². The number of rotatable bonds is 1. The Morgan fingerprint density at radius 2 is 1.88 bits per heavy atom. The molecule has 5 heteroatoms. The summed E-state index contributed by atoms with van der Waals surface area (Å²) >= 11 is 0. The van der Waals surface area contributed by atoms with Crippen LogP contribution < -0.4 is 5.32 Å². The average molecular weight is 352 g/mol. The summed E-state index contributed by atoms with van der Waals surface area (Å²) < 4.78 is 5.48. The van der Waals surface area contributed by atoms with Crippen molar-refractivity contribution in [2.45, 2.75) is 45.1 Å². The van der Waals surface area contributed by atoms with Crippen molar-refractivity contribution >= 4 is 28.5 Å². The number of piperidine rings is 1. The van der Waals surface area contributed by atoms with Crippen molar-refractivity contribution < 1.29 is 14.3 Å². The zero-order valence-electron chi connectivity index (χ0n) is 15.5. The van der Waals surface area contributed by atoms with Crippen molar-refractivity contribution in [3.63, 3.8) is 0 Å². The Bertz CT molecular complexity index is 890. The summed E-state index contributed by atoms with van der Waals surface area (Å²) in [6, 6.07) is 10.1. The zero-order chi connectivity index (χ0) is 18.5. The number of ether oxygens (including phenoxy) is 1. The first kappa shape index (κ1) is 16.9. The number of carbonyl (C=O) groups is 2. The van der Waals surface area contributed by atoms with Crippen LogP contribution in [-0.2, 0) is 4.74 Å². The van der Waals surface area contributed by atoms with E-state index < -0.39 is 5.60 Å². The maximum Gasteiger partial charge on any atom is 0.410 e. The van der Waals surface area contributed by atoms with Gasteiger partial charge in [0.1, 0.15) is 5.60 Å². The molecule has 2 aliphatic rings. The molecule has 0 bridgehead atoms. The van der Waals surface area contributed by atoms with E-state index in [1.807, 2.05) is 39.0 Å². The summed E-state index contributed by atoms with van der Waals surface area (Å²) in [5.41, 5.74) is 2.46. The topological polar surface area (TPSA) is 58.6 Å². The SMILES string of the molecule is CC(C)(C)OC(=O)N1CCC(c2ccc3c4c(cccc24)NC3=O)CC1. The van der Waals surface area contributed by atoms with E-state index in [0.717, 1.165) is 34.9 Å². The molecule has 0 atom stereocenters. The number of carbonyl (C=O) groups excluding carboxylic acids is 2. The molecular weight excluding hydrogens is 328 g/mol. The van der Waals surface area contributed by atoms with Gasteiger partial charge in [-0.1, -0.05) is 18.2 Å². The van der Waals surface area contributed by atoms with E-state index in [1.54, 1.807) is 4.90 Å². The Morgan fingerprint density at radius 3 is 2.58 bits per heavy atom.